The lowest BCUT2D eigenvalue weighted by molar-refractivity contribution is -0.141. The van der Waals surface area contributed by atoms with Crippen molar-refractivity contribution in [2.45, 2.75) is 25.7 Å². The third-order valence-electron chi connectivity index (χ3n) is 4.11. The molecular formula is C19H16F6N4OS. The summed E-state index contributed by atoms with van der Waals surface area (Å²) in [4.78, 5) is 17.9. The normalized spacial score (nSPS) is 12.2. The highest BCUT2D eigenvalue weighted by Gasteiger charge is 2.35. The largest absolute Gasteiger partial charge is 0.416 e. The molecule has 0 unspecified atom stereocenters. The average Bonchev–Trinajstić information content (AvgIpc) is 3.35. The number of hydrogen-bond acceptors (Lipinski definition) is 4. The van der Waals surface area contributed by atoms with Gasteiger partial charge in [-0.25, -0.2) is 9.67 Å². The predicted molar refractivity (Wildman–Crippen MR) is 102 cm³/mol. The fourth-order valence-corrected chi connectivity index (χ4v) is 3.54. The summed E-state index contributed by atoms with van der Waals surface area (Å²) in [6.07, 6.45) is -8.96. The van der Waals surface area contributed by atoms with E-state index in [4.69, 9.17) is 0 Å². The van der Waals surface area contributed by atoms with Crippen molar-refractivity contribution in [1.29, 1.82) is 0 Å². The summed E-state index contributed by atoms with van der Waals surface area (Å²) in [5.74, 6) is -1.53. The molecule has 3 rings (SSSR count). The van der Waals surface area contributed by atoms with Crippen LogP contribution in [0.4, 0.5) is 26.3 Å². The first-order chi connectivity index (χ1) is 14.5. The van der Waals surface area contributed by atoms with Crippen LogP contribution in [-0.4, -0.2) is 44.8 Å². The Labute approximate surface area is 176 Å². The number of halogens is 6. The SMILES string of the molecule is CCCN(CC(F)(F)F)C(=O)c1nc(-c2cccs2)n(-c2cccc(C(F)(F)F)c2)n1. The molecular weight excluding hydrogens is 446 g/mol. The van der Waals surface area contributed by atoms with Crippen LogP contribution in [0, 0.1) is 0 Å². The molecule has 0 aliphatic carbocycles. The molecule has 0 radical (unpaired) electrons. The quantitative estimate of drug-likeness (QED) is 0.459. The molecule has 2 heterocycles. The number of alkyl halides is 6. The van der Waals surface area contributed by atoms with Crippen molar-refractivity contribution in [2.24, 2.45) is 0 Å². The van der Waals surface area contributed by atoms with Crippen molar-refractivity contribution in [1.82, 2.24) is 19.7 Å². The van der Waals surface area contributed by atoms with Gasteiger partial charge in [0.1, 0.15) is 6.54 Å². The van der Waals surface area contributed by atoms with Crippen LogP contribution >= 0.6 is 11.3 Å². The molecule has 12 heteroatoms. The number of nitrogens with zero attached hydrogens (tertiary/aromatic N) is 4. The van der Waals surface area contributed by atoms with Gasteiger partial charge in [-0.15, -0.1) is 16.4 Å². The van der Waals surface area contributed by atoms with E-state index in [2.05, 4.69) is 10.1 Å². The minimum Gasteiger partial charge on any atom is -0.327 e. The van der Waals surface area contributed by atoms with Gasteiger partial charge in [0, 0.05) is 6.54 Å². The van der Waals surface area contributed by atoms with Gasteiger partial charge in [0.15, 0.2) is 5.82 Å². The fraction of sp³-hybridized carbons (Fsp3) is 0.316. The zero-order valence-electron chi connectivity index (χ0n) is 16.0. The van der Waals surface area contributed by atoms with Gasteiger partial charge in [0.25, 0.3) is 5.91 Å². The minimum absolute atomic E-state index is 0.0253. The second kappa shape index (κ2) is 8.69. The van der Waals surface area contributed by atoms with Crippen LogP contribution in [0.1, 0.15) is 29.5 Å². The van der Waals surface area contributed by atoms with E-state index in [1.165, 1.54) is 23.5 Å². The Bertz CT molecular complexity index is 1040. The van der Waals surface area contributed by atoms with Crippen molar-refractivity contribution in [3.05, 3.63) is 53.2 Å². The van der Waals surface area contributed by atoms with E-state index in [0.717, 1.165) is 16.8 Å². The number of thiophene rings is 1. The lowest BCUT2D eigenvalue weighted by atomic mass is 10.2. The Balaban J connectivity index is 2.08. The first-order valence-electron chi connectivity index (χ1n) is 9.04. The van der Waals surface area contributed by atoms with Crippen molar-refractivity contribution < 1.29 is 31.1 Å². The first kappa shape index (κ1) is 22.8. The van der Waals surface area contributed by atoms with Crippen LogP contribution in [-0.2, 0) is 6.18 Å². The van der Waals surface area contributed by atoms with Crippen molar-refractivity contribution in [2.75, 3.05) is 13.1 Å². The molecule has 0 spiro atoms. The van der Waals surface area contributed by atoms with Gasteiger partial charge in [0.2, 0.25) is 5.82 Å². The molecule has 1 amide bonds. The highest BCUT2D eigenvalue weighted by atomic mass is 32.1. The smallest absolute Gasteiger partial charge is 0.327 e. The maximum Gasteiger partial charge on any atom is 0.416 e. The van der Waals surface area contributed by atoms with E-state index in [9.17, 15) is 31.1 Å². The molecule has 166 valence electrons. The van der Waals surface area contributed by atoms with E-state index in [-0.39, 0.29) is 24.5 Å². The Morgan fingerprint density at radius 3 is 2.45 bits per heavy atom. The molecule has 0 saturated heterocycles. The van der Waals surface area contributed by atoms with Crippen molar-refractivity contribution in [3.8, 4) is 16.4 Å². The monoisotopic (exact) mass is 462 g/mol. The van der Waals surface area contributed by atoms with Crippen LogP contribution in [0.15, 0.2) is 41.8 Å². The lowest BCUT2D eigenvalue weighted by Gasteiger charge is -2.21. The van der Waals surface area contributed by atoms with Crippen LogP contribution in [0.3, 0.4) is 0 Å². The molecule has 0 saturated carbocycles. The van der Waals surface area contributed by atoms with Crippen molar-refractivity contribution in [3.63, 3.8) is 0 Å². The Morgan fingerprint density at radius 1 is 1.13 bits per heavy atom. The maximum absolute atomic E-state index is 13.1. The molecule has 0 atom stereocenters. The third-order valence-corrected chi connectivity index (χ3v) is 4.97. The van der Waals surface area contributed by atoms with Crippen molar-refractivity contribution >= 4 is 17.2 Å². The molecule has 2 aromatic heterocycles. The molecule has 5 nitrogen and oxygen atoms in total. The lowest BCUT2D eigenvalue weighted by Crippen LogP contribution is -2.40. The Morgan fingerprint density at radius 2 is 1.87 bits per heavy atom. The number of hydrogen-bond donors (Lipinski definition) is 0. The van der Waals surface area contributed by atoms with Gasteiger partial charge < -0.3 is 4.90 Å². The summed E-state index contributed by atoms with van der Waals surface area (Å²) in [6.45, 7) is -0.0424. The van der Waals surface area contributed by atoms with Gasteiger partial charge in [-0.05, 0) is 36.1 Å². The van der Waals surface area contributed by atoms with E-state index < -0.39 is 36.2 Å². The minimum atomic E-state index is -4.62. The zero-order valence-corrected chi connectivity index (χ0v) is 16.9. The third kappa shape index (κ3) is 5.43. The second-order valence-electron chi connectivity index (χ2n) is 6.54. The van der Waals surface area contributed by atoms with Gasteiger partial charge >= 0.3 is 12.4 Å². The van der Waals surface area contributed by atoms with Crippen LogP contribution in [0.25, 0.3) is 16.4 Å². The molecule has 0 fully saturated rings. The number of benzene rings is 1. The number of carbonyl (C=O) groups excluding carboxylic acids is 1. The fourth-order valence-electron chi connectivity index (χ4n) is 2.84. The molecule has 0 aliphatic heterocycles. The predicted octanol–water partition coefficient (Wildman–Crippen LogP) is 5.43. The number of amides is 1. The van der Waals surface area contributed by atoms with E-state index in [1.807, 2.05) is 0 Å². The summed E-state index contributed by atoms with van der Waals surface area (Å²) in [5, 5.41) is 5.67. The van der Waals surface area contributed by atoms with E-state index in [0.29, 0.717) is 9.78 Å². The number of rotatable bonds is 6. The number of aromatic nitrogens is 3. The first-order valence-corrected chi connectivity index (χ1v) is 9.92. The molecule has 0 N–H and O–H groups in total. The number of carbonyl (C=O) groups is 1. The van der Waals surface area contributed by atoms with Gasteiger partial charge in [0.05, 0.1) is 16.1 Å². The molecule has 0 aliphatic rings. The maximum atomic E-state index is 13.1. The van der Waals surface area contributed by atoms with Gasteiger partial charge in [-0.1, -0.05) is 19.1 Å². The zero-order chi connectivity index (χ0) is 22.8. The van der Waals surface area contributed by atoms with Gasteiger partial charge in [-0.2, -0.15) is 26.3 Å². The van der Waals surface area contributed by atoms with Crippen LogP contribution < -0.4 is 0 Å². The highest BCUT2D eigenvalue weighted by Crippen LogP contribution is 2.32. The average molecular weight is 462 g/mol. The second-order valence-corrected chi connectivity index (χ2v) is 7.49. The highest BCUT2D eigenvalue weighted by molar-refractivity contribution is 7.13. The van der Waals surface area contributed by atoms with Gasteiger partial charge in [-0.3, -0.25) is 4.79 Å². The summed E-state index contributed by atoms with van der Waals surface area (Å²) >= 11 is 1.20. The Hall–Kier alpha value is -2.89. The summed E-state index contributed by atoms with van der Waals surface area (Å²) in [6, 6.07) is 7.51. The summed E-state index contributed by atoms with van der Waals surface area (Å²) in [7, 11) is 0. The molecule has 3 aromatic rings. The standard InChI is InChI=1S/C19H16F6N4OS/c1-2-8-28(11-18(20,21)22)17(30)15-26-16(14-7-4-9-31-14)29(27-15)13-6-3-5-12(10-13)19(23,24)25/h3-7,9-10H,2,8,11H2,1H3. The van der Waals surface area contributed by atoms with Crippen LogP contribution in [0.5, 0.6) is 0 Å². The molecule has 0 bridgehead atoms. The Kier molecular flexibility index (Phi) is 6.39. The van der Waals surface area contributed by atoms with E-state index >= 15 is 0 Å². The summed E-state index contributed by atoms with van der Waals surface area (Å²) < 4.78 is 79.1. The van der Waals surface area contributed by atoms with E-state index in [1.54, 1.807) is 24.4 Å². The van der Waals surface area contributed by atoms with Crippen LogP contribution in [0.2, 0.25) is 0 Å². The molecule has 31 heavy (non-hydrogen) atoms. The summed E-state index contributed by atoms with van der Waals surface area (Å²) in [5.41, 5.74) is -0.960. The molecule has 1 aromatic carbocycles. The topological polar surface area (TPSA) is 51.0 Å².